The lowest BCUT2D eigenvalue weighted by Crippen LogP contribution is -2.27. The van der Waals surface area contributed by atoms with Gasteiger partial charge in [0.15, 0.2) is 0 Å². The van der Waals surface area contributed by atoms with Crippen LogP contribution in [0.4, 0.5) is 0 Å². The number of thioether (sulfide) groups is 1. The zero-order valence-electron chi connectivity index (χ0n) is 9.30. The lowest BCUT2D eigenvalue weighted by Gasteiger charge is -2.17. The Kier molecular flexibility index (Phi) is 7.02. The van der Waals surface area contributed by atoms with Crippen LogP contribution in [-0.2, 0) is 6.42 Å². The largest absolute Gasteiger partial charge is 0.314 e. The number of hydrogen-bond acceptors (Lipinski definition) is 3. The van der Waals surface area contributed by atoms with E-state index >= 15 is 0 Å². The maximum absolute atomic E-state index is 9.21. The van der Waals surface area contributed by atoms with Gasteiger partial charge in [-0.25, -0.2) is 0 Å². The fraction of sp³-hybridized carbons (Fsp3) is 0.455. The highest BCUT2D eigenvalue weighted by Gasteiger charge is 2.06. The topological polar surface area (TPSA) is 23.5 Å². The Labute approximate surface area is 102 Å². The first kappa shape index (κ1) is 14.8. The molecule has 0 amide bonds. The standard InChI is InChI=1S/C11H17NOS.ClH/c1-9(12(2)13)8-10-4-6-11(14-3)7-5-10;/h4-7,9,13H,8H2,1-3H3;1H. The van der Waals surface area contributed by atoms with E-state index in [0.717, 1.165) is 6.42 Å². The zero-order valence-corrected chi connectivity index (χ0v) is 10.9. The van der Waals surface area contributed by atoms with Crippen molar-refractivity contribution in [1.82, 2.24) is 5.06 Å². The van der Waals surface area contributed by atoms with Crippen molar-refractivity contribution < 1.29 is 5.21 Å². The van der Waals surface area contributed by atoms with Gasteiger partial charge in [-0.2, -0.15) is 5.06 Å². The van der Waals surface area contributed by atoms with Gasteiger partial charge >= 0.3 is 0 Å². The number of hydroxylamine groups is 2. The highest BCUT2D eigenvalue weighted by molar-refractivity contribution is 7.98. The zero-order chi connectivity index (χ0) is 10.6. The van der Waals surface area contributed by atoms with Gasteiger partial charge in [0.05, 0.1) is 0 Å². The molecule has 15 heavy (non-hydrogen) atoms. The second-order valence-corrected chi connectivity index (χ2v) is 4.35. The summed E-state index contributed by atoms with van der Waals surface area (Å²) in [6.45, 7) is 2.00. The fourth-order valence-corrected chi connectivity index (χ4v) is 1.64. The van der Waals surface area contributed by atoms with Crippen LogP contribution in [0.25, 0.3) is 0 Å². The van der Waals surface area contributed by atoms with Crippen molar-refractivity contribution in [3.63, 3.8) is 0 Å². The molecule has 0 fully saturated rings. The Bertz CT molecular complexity index is 276. The van der Waals surface area contributed by atoms with E-state index < -0.39 is 0 Å². The molecule has 0 aliphatic carbocycles. The lowest BCUT2D eigenvalue weighted by molar-refractivity contribution is -0.0963. The van der Waals surface area contributed by atoms with Gasteiger partial charge in [0.25, 0.3) is 0 Å². The highest BCUT2D eigenvalue weighted by Crippen LogP contribution is 2.16. The van der Waals surface area contributed by atoms with Crippen LogP contribution in [0.3, 0.4) is 0 Å². The number of halogens is 1. The van der Waals surface area contributed by atoms with Crippen molar-refractivity contribution in [2.45, 2.75) is 24.3 Å². The summed E-state index contributed by atoms with van der Waals surface area (Å²) in [5.74, 6) is 0. The van der Waals surface area contributed by atoms with E-state index in [9.17, 15) is 5.21 Å². The molecule has 0 aliphatic rings. The SMILES string of the molecule is CSc1ccc(CC(C)N(C)O)cc1.Cl. The van der Waals surface area contributed by atoms with Crippen molar-refractivity contribution >= 4 is 24.2 Å². The van der Waals surface area contributed by atoms with E-state index in [0.29, 0.717) is 0 Å². The van der Waals surface area contributed by atoms with Gasteiger partial charge in [-0.1, -0.05) is 12.1 Å². The number of rotatable bonds is 4. The minimum absolute atomic E-state index is 0. The molecule has 1 aromatic carbocycles. The van der Waals surface area contributed by atoms with Crippen LogP contribution in [-0.4, -0.2) is 29.6 Å². The molecule has 0 saturated carbocycles. The average molecular weight is 248 g/mol. The van der Waals surface area contributed by atoms with Gasteiger partial charge in [0.1, 0.15) is 0 Å². The van der Waals surface area contributed by atoms with Crippen LogP contribution in [0.2, 0.25) is 0 Å². The Morgan fingerprint density at radius 1 is 1.33 bits per heavy atom. The van der Waals surface area contributed by atoms with Gasteiger partial charge in [-0.3, -0.25) is 0 Å². The molecule has 4 heteroatoms. The minimum Gasteiger partial charge on any atom is -0.314 e. The van der Waals surface area contributed by atoms with Crippen LogP contribution >= 0.6 is 24.2 Å². The summed E-state index contributed by atoms with van der Waals surface area (Å²) in [6, 6.07) is 8.63. The summed E-state index contributed by atoms with van der Waals surface area (Å²) in [7, 11) is 1.68. The lowest BCUT2D eigenvalue weighted by atomic mass is 10.1. The van der Waals surface area contributed by atoms with Crippen LogP contribution in [0.1, 0.15) is 12.5 Å². The van der Waals surface area contributed by atoms with Crippen molar-refractivity contribution in [2.75, 3.05) is 13.3 Å². The first-order chi connectivity index (χ1) is 6.63. The van der Waals surface area contributed by atoms with E-state index in [2.05, 4.69) is 30.5 Å². The minimum atomic E-state index is 0. The Morgan fingerprint density at radius 2 is 1.87 bits per heavy atom. The number of benzene rings is 1. The molecule has 2 nitrogen and oxygen atoms in total. The van der Waals surface area contributed by atoms with Crippen molar-refractivity contribution in [2.24, 2.45) is 0 Å². The third kappa shape index (κ3) is 4.89. The van der Waals surface area contributed by atoms with Crippen molar-refractivity contribution in [3.8, 4) is 0 Å². The third-order valence-electron chi connectivity index (χ3n) is 2.33. The molecule has 1 aromatic rings. The smallest absolute Gasteiger partial charge is 0.0359 e. The van der Waals surface area contributed by atoms with Gasteiger partial charge in [-0.15, -0.1) is 24.2 Å². The Morgan fingerprint density at radius 3 is 2.27 bits per heavy atom. The average Bonchev–Trinajstić information content (AvgIpc) is 2.19. The van der Waals surface area contributed by atoms with Crippen LogP contribution < -0.4 is 0 Å². The highest BCUT2D eigenvalue weighted by atomic mass is 35.5. The number of nitrogens with zero attached hydrogens (tertiary/aromatic N) is 1. The second kappa shape index (κ2) is 7.12. The van der Waals surface area contributed by atoms with Crippen molar-refractivity contribution in [1.29, 1.82) is 0 Å². The molecule has 0 radical (unpaired) electrons. The first-order valence-corrected chi connectivity index (χ1v) is 5.90. The predicted molar refractivity (Wildman–Crippen MR) is 68.2 cm³/mol. The molecule has 0 aliphatic heterocycles. The second-order valence-electron chi connectivity index (χ2n) is 3.47. The summed E-state index contributed by atoms with van der Waals surface area (Å²) in [5.41, 5.74) is 1.26. The Balaban J connectivity index is 0.00000196. The predicted octanol–water partition coefficient (Wildman–Crippen LogP) is 3.08. The normalized spacial score (nSPS) is 12.3. The molecule has 0 aromatic heterocycles. The molecule has 0 spiro atoms. The van der Waals surface area contributed by atoms with E-state index in [-0.39, 0.29) is 18.4 Å². The summed E-state index contributed by atoms with van der Waals surface area (Å²) < 4.78 is 0. The molecule has 1 atom stereocenters. The van der Waals surface area contributed by atoms with Gasteiger partial charge in [0, 0.05) is 18.0 Å². The molecule has 1 unspecified atom stereocenters. The monoisotopic (exact) mass is 247 g/mol. The molecule has 1 rings (SSSR count). The Hall–Kier alpha value is -0.220. The molecular weight excluding hydrogens is 230 g/mol. The number of hydrogen-bond donors (Lipinski definition) is 1. The number of likely N-dealkylation sites (N-methyl/N-ethyl adjacent to an activating group) is 1. The van der Waals surface area contributed by atoms with E-state index in [1.807, 2.05) is 6.92 Å². The molecule has 0 heterocycles. The molecular formula is C11H18ClNOS. The maximum Gasteiger partial charge on any atom is 0.0359 e. The van der Waals surface area contributed by atoms with E-state index in [1.165, 1.54) is 15.5 Å². The van der Waals surface area contributed by atoms with Crippen molar-refractivity contribution in [3.05, 3.63) is 29.8 Å². The first-order valence-electron chi connectivity index (χ1n) is 4.68. The van der Waals surface area contributed by atoms with E-state index in [1.54, 1.807) is 18.8 Å². The molecule has 1 N–H and O–H groups in total. The van der Waals surface area contributed by atoms with Gasteiger partial charge in [-0.05, 0) is 37.3 Å². The molecule has 0 bridgehead atoms. The quantitative estimate of drug-likeness (QED) is 0.654. The molecule has 0 saturated heterocycles. The van der Waals surface area contributed by atoms with Crippen LogP contribution in [0, 0.1) is 0 Å². The van der Waals surface area contributed by atoms with Crippen LogP contribution in [0.15, 0.2) is 29.2 Å². The van der Waals surface area contributed by atoms with Crippen LogP contribution in [0.5, 0.6) is 0 Å². The summed E-state index contributed by atoms with van der Waals surface area (Å²) in [4.78, 5) is 1.28. The third-order valence-corrected chi connectivity index (χ3v) is 3.07. The maximum atomic E-state index is 9.21. The van der Waals surface area contributed by atoms with Gasteiger partial charge < -0.3 is 5.21 Å². The fourth-order valence-electron chi connectivity index (χ4n) is 1.23. The summed E-state index contributed by atoms with van der Waals surface area (Å²) >= 11 is 1.74. The molecule has 86 valence electrons. The summed E-state index contributed by atoms with van der Waals surface area (Å²) in [5, 5.41) is 10.5. The summed E-state index contributed by atoms with van der Waals surface area (Å²) in [6.07, 6.45) is 2.95. The van der Waals surface area contributed by atoms with Gasteiger partial charge in [0.2, 0.25) is 0 Å². The van der Waals surface area contributed by atoms with E-state index in [4.69, 9.17) is 0 Å².